The molecule has 0 amide bonds. The zero-order valence-electron chi connectivity index (χ0n) is 11.5. The van der Waals surface area contributed by atoms with Gasteiger partial charge in [-0.25, -0.2) is 5.43 Å². The Balaban J connectivity index is 2.59. The van der Waals surface area contributed by atoms with Gasteiger partial charge in [0.2, 0.25) is 0 Å². The number of ether oxygens (including phenoxy) is 1. The molecule has 0 aliphatic carbocycles. The van der Waals surface area contributed by atoms with Gasteiger partial charge in [0.15, 0.2) is 0 Å². The summed E-state index contributed by atoms with van der Waals surface area (Å²) in [5, 5.41) is 4.05. The highest BCUT2D eigenvalue weighted by Crippen LogP contribution is 2.35. The van der Waals surface area contributed by atoms with E-state index in [1.54, 1.807) is 7.11 Å². The average molecular weight is 278 g/mol. The summed E-state index contributed by atoms with van der Waals surface area (Å²) < 4.78 is 9.47. The molecule has 5 nitrogen and oxygen atoms in total. The Hall–Kier alpha value is -1.50. The SMILES string of the molecule is COc1cc(C)cc(C)c1C(NN)c1snnc1C. The first-order chi connectivity index (χ1) is 9.08. The van der Waals surface area contributed by atoms with E-state index in [1.165, 1.54) is 11.5 Å². The molecule has 1 aromatic heterocycles. The summed E-state index contributed by atoms with van der Waals surface area (Å²) in [5.41, 5.74) is 7.06. The van der Waals surface area contributed by atoms with Crippen LogP contribution in [0.1, 0.15) is 33.3 Å². The molecule has 2 rings (SSSR count). The number of hydrogen-bond donors (Lipinski definition) is 2. The number of hydrogen-bond acceptors (Lipinski definition) is 6. The van der Waals surface area contributed by atoms with Crippen molar-refractivity contribution in [3.05, 3.63) is 39.4 Å². The lowest BCUT2D eigenvalue weighted by molar-refractivity contribution is 0.403. The van der Waals surface area contributed by atoms with Crippen molar-refractivity contribution >= 4 is 11.5 Å². The van der Waals surface area contributed by atoms with Crippen molar-refractivity contribution in [3.63, 3.8) is 0 Å². The molecule has 1 atom stereocenters. The molecule has 0 saturated heterocycles. The van der Waals surface area contributed by atoms with Gasteiger partial charge < -0.3 is 4.74 Å². The molecule has 1 heterocycles. The molecule has 0 bridgehead atoms. The van der Waals surface area contributed by atoms with Crippen molar-refractivity contribution in [1.82, 2.24) is 15.0 Å². The maximum atomic E-state index is 5.74. The van der Waals surface area contributed by atoms with Crippen LogP contribution in [0.15, 0.2) is 12.1 Å². The summed E-state index contributed by atoms with van der Waals surface area (Å²) in [6.45, 7) is 6.03. The molecule has 0 saturated carbocycles. The fourth-order valence-electron chi connectivity index (χ4n) is 2.27. The van der Waals surface area contributed by atoms with Gasteiger partial charge >= 0.3 is 0 Å². The number of nitrogens with one attached hydrogen (secondary N) is 1. The Kier molecular flexibility index (Phi) is 4.14. The maximum absolute atomic E-state index is 5.74. The topological polar surface area (TPSA) is 73.1 Å². The molecule has 2 aromatic rings. The van der Waals surface area contributed by atoms with E-state index in [1.807, 2.05) is 19.9 Å². The highest BCUT2D eigenvalue weighted by atomic mass is 32.1. The van der Waals surface area contributed by atoms with E-state index in [-0.39, 0.29) is 6.04 Å². The summed E-state index contributed by atoms with van der Waals surface area (Å²) in [6.07, 6.45) is 0. The Morgan fingerprint density at radius 3 is 2.58 bits per heavy atom. The number of aryl methyl sites for hydroxylation is 3. The van der Waals surface area contributed by atoms with Crippen LogP contribution in [0, 0.1) is 20.8 Å². The van der Waals surface area contributed by atoms with Gasteiger partial charge in [-0.2, -0.15) is 0 Å². The minimum atomic E-state index is -0.157. The van der Waals surface area contributed by atoms with Gasteiger partial charge in [0.1, 0.15) is 5.75 Å². The van der Waals surface area contributed by atoms with Crippen molar-refractivity contribution in [3.8, 4) is 5.75 Å². The molecule has 19 heavy (non-hydrogen) atoms. The summed E-state index contributed by atoms with van der Waals surface area (Å²) in [6, 6.07) is 3.97. The van der Waals surface area contributed by atoms with Crippen molar-refractivity contribution < 1.29 is 4.74 Å². The van der Waals surface area contributed by atoms with Gasteiger partial charge in [0, 0.05) is 5.56 Å². The van der Waals surface area contributed by atoms with Crippen LogP contribution in [0.2, 0.25) is 0 Å². The number of hydrazine groups is 1. The Bertz CT molecular complexity index is 582. The lowest BCUT2D eigenvalue weighted by Gasteiger charge is -2.21. The maximum Gasteiger partial charge on any atom is 0.124 e. The van der Waals surface area contributed by atoms with Crippen LogP contribution in [0.5, 0.6) is 5.75 Å². The second-order valence-electron chi connectivity index (χ2n) is 4.52. The summed E-state index contributed by atoms with van der Waals surface area (Å²) in [5.74, 6) is 6.57. The standard InChI is InChI=1S/C13H18N4OS/c1-7-5-8(2)11(10(6-7)18-4)12(15-14)13-9(3)16-17-19-13/h5-6,12,15H,14H2,1-4H3. The van der Waals surface area contributed by atoms with Crippen LogP contribution in [0.25, 0.3) is 0 Å². The largest absolute Gasteiger partial charge is 0.496 e. The van der Waals surface area contributed by atoms with E-state index in [9.17, 15) is 0 Å². The van der Waals surface area contributed by atoms with Gasteiger partial charge in [-0.05, 0) is 49.5 Å². The molecule has 1 unspecified atom stereocenters. The average Bonchev–Trinajstić information content (AvgIpc) is 2.78. The Morgan fingerprint density at radius 2 is 2.05 bits per heavy atom. The molecular weight excluding hydrogens is 260 g/mol. The highest BCUT2D eigenvalue weighted by Gasteiger charge is 2.23. The van der Waals surface area contributed by atoms with E-state index in [0.717, 1.165) is 33.0 Å². The molecule has 0 spiro atoms. The van der Waals surface area contributed by atoms with E-state index in [2.05, 4.69) is 28.0 Å². The van der Waals surface area contributed by atoms with Gasteiger partial charge in [0.05, 0.1) is 23.7 Å². The Labute approximate surface area is 116 Å². The number of aromatic nitrogens is 2. The van der Waals surface area contributed by atoms with Crippen molar-refractivity contribution in [2.45, 2.75) is 26.8 Å². The fourth-order valence-corrected chi connectivity index (χ4v) is 2.99. The van der Waals surface area contributed by atoms with Crippen LogP contribution in [0.4, 0.5) is 0 Å². The zero-order chi connectivity index (χ0) is 14.0. The predicted molar refractivity (Wildman–Crippen MR) is 76.3 cm³/mol. The third-order valence-electron chi connectivity index (χ3n) is 3.12. The zero-order valence-corrected chi connectivity index (χ0v) is 12.3. The number of nitrogens with zero attached hydrogens (tertiary/aromatic N) is 2. The molecule has 0 aliphatic rings. The first-order valence-corrected chi connectivity index (χ1v) is 6.76. The lowest BCUT2D eigenvalue weighted by Crippen LogP contribution is -2.29. The van der Waals surface area contributed by atoms with Crippen LogP contribution in [-0.2, 0) is 0 Å². The second kappa shape index (κ2) is 5.64. The molecule has 0 aliphatic heterocycles. The van der Waals surface area contributed by atoms with Gasteiger partial charge in [0.25, 0.3) is 0 Å². The smallest absolute Gasteiger partial charge is 0.124 e. The van der Waals surface area contributed by atoms with Crippen LogP contribution in [0.3, 0.4) is 0 Å². The van der Waals surface area contributed by atoms with Gasteiger partial charge in [-0.1, -0.05) is 10.6 Å². The first kappa shape index (κ1) is 13.9. The highest BCUT2D eigenvalue weighted by molar-refractivity contribution is 7.05. The van der Waals surface area contributed by atoms with E-state index in [0.29, 0.717) is 0 Å². The minimum absolute atomic E-state index is 0.157. The molecule has 3 N–H and O–H groups in total. The fraction of sp³-hybridized carbons (Fsp3) is 0.385. The molecule has 1 aromatic carbocycles. The van der Waals surface area contributed by atoms with Gasteiger partial charge in [-0.15, -0.1) is 5.10 Å². The first-order valence-electron chi connectivity index (χ1n) is 5.98. The molecule has 6 heteroatoms. The van der Waals surface area contributed by atoms with Crippen LogP contribution >= 0.6 is 11.5 Å². The van der Waals surface area contributed by atoms with E-state index in [4.69, 9.17) is 10.6 Å². The van der Waals surface area contributed by atoms with Crippen molar-refractivity contribution in [2.75, 3.05) is 7.11 Å². The predicted octanol–water partition coefficient (Wildman–Crippen LogP) is 2.02. The normalized spacial score (nSPS) is 12.5. The molecule has 0 fully saturated rings. The lowest BCUT2D eigenvalue weighted by atomic mass is 9.96. The summed E-state index contributed by atoms with van der Waals surface area (Å²) in [4.78, 5) is 1.01. The van der Waals surface area contributed by atoms with Gasteiger partial charge in [-0.3, -0.25) is 5.84 Å². The van der Waals surface area contributed by atoms with Crippen molar-refractivity contribution in [1.29, 1.82) is 0 Å². The second-order valence-corrected chi connectivity index (χ2v) is 5.31. The quantitative estimate of drug-likeness (QED) is 0.661. The molecule has 0 radical (unpaired) electrons. The molecular formula is C13H18N4OS. The Morgan fingerprint density at radius 1 is 1.32 bits per heavy atom. The third kappa shape index (κ3) is 2.60. The monoisotopic (exact) mass is 278 g/mol. The number of methoxy groups -OCH3 is 1. The molecule has 102 valence electrons. The number of nitrogens with two attached hydrogens (primary N) is 1. The van der Waals surface area contributed by atoms with Crippen LogP contribution < -0.4 is 16.0 Å². The third-order valence-corrected chi connectivity index (χ3v) is 4.01. The minimum Gasteiger partial charge on any atom is -0.496 e. The van der Waals surface area contributed by atoms with E-state index >= 15 is 0 Å². The number of rotatable bonds is 4. The van der Waals surface area contributed by atoms with Crippen molar-refractivity contribution in [2.24, 2.45) is 5.84 Å². The van der Waals surface area contributed by atoms with E-state index < -0.39 is 0 Å². The summed E-state index contributed by atoms with van der Waals surface area (Å²) >= 11 is 1.35. The summed E-state index contributed by atoms with van der Waals surface area (Å²) in [7, 11) is 1.67. The number of benzene rings is 1. The van der Waals surface area contributed by atoms with Crippen LogP contribution in [-0.4, -0.2) is 16.7 Å².